The molecule has 0 saturated carbocycles. The van der Waals surface area contributed by atoms with E-state index in [1.807, 2.05) is 63.4 Å². The maximum atomic E-state index is 10.6. The number of nitrogens with zero attached hydrogens (tertiary/aromatic N) is 3. The van der Waals surface area contributed by atoms with Crippen LogP contribution in [0.2, 0.25) is 0 Å². The van der Waals surface area contributed by atoms with E-state index in [9.17, 15) is 5.11 Å². The summed E-state index contributed by atoms with van der Waals surface area (Å²) in [6.07, 6.45) is 0.471. The van der Waals surface area contributed by atoms with Gasteiger partial charge < -0.3 is 19.3 Å². The monoisotopic (exact) mass is 467 g/mol. The van der Waals surface area contributed by atoms with Gasteiger partial charge in [-0.05, 0) is 38.9 Å². The lowest BCUT2D eigenvalue weighted by Gasteiger charge is -2.25. The Kier molecular flexibility index (Phi) is 9.51. The van der Waals surface area contributed by atoms with Crippen LogP contribution >= 0.6 is 0 Å². The number of aryl methyl sites for hydroxylation is 1. The number of aliphatic hydroxyl groups excluding tert-OH is 1. The van der Waals surface area contributed by atoms with Gasteiger partial charge in [0.2, 0.25) is 5.88 Å². The Labute approximate surface area is 202 Å². The first-order chi connectivity index (χ1) is 16.4. The molecular formula is C27H37N3O4. The molecular weight excluding hydrogens is 430 g/mol. The predicted octanol–water partition coefficient (Wildman–Crippen LogP) is 4.89. The highest BCUT2D eigenvalue weighted by molar-refractivity contribution is 5.65. The summed E-state index contributed by atoms with van der Waals surface area (Å²) in [6.45, 7) is 8.32. The summed E-state index contributed by atoms with van der Waals surface area (Å²) in [4.78, 5) is 2.23. The van der Waals surface area contributed by atoms with Gasteiger partial charge in [0.25, 0.3) is 0 Å². The van der Waals surface area contributed by atoms with Gasteiger partial charge in [0, 0.05) is 31.8 Å². The van der Waals surface area contributed by atoms with Crippen LogP contribution in [0.25, 0.3) is 11.3 Å². The van der Waals surface area contributed by atoms with E-state index in [2.05, 4.69) is 24.0 Å². The summed E-state index contributed by atoms with van der Waals surface area (Å²) < 4.78 is 19.1. The van der Waals surface area contributed by atoms with Gasteiger partial charge in [-0.2, -0.15) is 5.10 Å². The summed E-state index contributed by atoms with van der Waals surface area (Å²) in [5, 5.41) is 15.4. The lowest BCUT2D eigenvalue weighted by molar-refractivity contribution is -0.00953. The molecule has 0 spiro atoms. The fraction of sp³-hybridized carbons (Fsp3) is 0.444. The van der Waals surface area contributed by atoms with Crippen molar-refractivity contribution in [2.45, 2.75) is 45.9 Å². The van der Waals surface area contributed by atoms with E-state index in [1.54, 1.807) is 11.8 Å². The lowest BCUT2D eigenvalue weighted by atomic mass is 10.1. The molecule has 34 heavy (non-hydrogen) atoms. The summed E-state index contributed by atoms with van der Waals surface area (Å²) in [7, 11) is 3.53. The topological polar surface area (TPSA) is 69.0 Å². The second-order valence-electron chi connectivity index (χ2n) is 8.67. The largest absolute Gasteiger partial charge is 0.497 e. The SMILES string of the molecule is CCCN(Cc1c(-c2ccccc2)nn(C)c1Oc1cccc(OC)c1)C[C@@H](O)COC(C)C. The van der Waals surface area contributed by atoms with Crippen LogP contribution in [0, 0.1) is 0 Å². The molecule has 2 aromatic carbocycles. The maximum absolute atomic E-state index is 10.6. The fourth-order valence-electron chi connectivity index (χ4n) is 3.86. The molecule has 0 aliphatic rings. The van der Waals surface area contributed by atoms with Crippen molar-refractivity contribution in [3.8, 4) is 28.6 Å². The van der Waals surface area contributed by atoms with Crippen LogP contribution in [0.5, 0.6) is 17.4 Å². The molecule has 0 amide bonds. The van der Waals surface area contributed by atoms with Gasteiger partial charge in [0.15, 0.2) is 0 Å². The third-order valence-corrected chi connectivity index (χ3v) is 5.40. The number of hydrogen-bond donors (Lipinski definition) is 1. The second kappa shape index (κ2) is 12.6. The van der Waals surface area contributed by atoms with Gasteiger partial charge in [-0.1, -0.05) is 43.3 Å². The van der Waals surface area contributed by atoms with Crippen LogP contribution < -0.4 is 9.47 Å². The molecule has 1 aromatic heterocycles. The molecule has 1 N–H and O–H groups in total. The Balaban J connectivity index is 1.94. The molecule has 0 aliphatic carbocycles. The first-order valence-corrected chi connectivity index (χ1v) is 11.9. The Bertz CT molecular complexity index is 1020. The van der Waals surface area contributed by atoms with Crippen LogP contribution in [0.1, 0.15) is 32.8 Å². The number of aromatic nitrogens is 2. The quantitative estimate of drug-likeness (QED) is 0.386. The van der Waals surface area contributed by atoms with E-state index in [0.717, 1.165) is 35.5 Å². The zero-order valence-electron chi connectivity index (χ0n) is 20.9. The van der Waals surface area contributed by atoms with Crippen molar-refractivity contribution in [2.24, 2.45) is 7.05 Å². The third kappa shape index (κ3) is 7.06. The van der Waals surface area contributed by atoms with Crippen LogP contribution in [0.3, 0.4) is 0 Å². The molecule has 7 nitrogen and oxygen atoms in total. The minimum Gasteiger partial charge on any atom is -0.497 e. The number of hydrogen-bond acceptors (Lipinski definition) is 6. The molecule has 3 aromatic rings. The predicted molar refractivity (Wildman–Crippen MR) is 134 cm³/mol. The van der Waals surface area contributed by atoms with Crippen LogP contribution in [-0.2, 0) is 18.3 Å². The van der Waals surface area contributed by atoms with Gasteiger partial charge in [0.1, 0.15) is 17.2 Å². The molecule has 184 valence electrons. The number of methoxy groups -OCH3 is 1. The van der Waals surface area contributed by atoms with Crippen LogP contribution in [0.4, 0.5) is 0 Å². The molecule has 1 atom stereocenters. The van der Waals surface area contributed by atoms with E-state index >= 15 is 0 Å². The normalized spacial score (nSPS) is 12.4. The van der Waals surface area contributed by atoms with Gasteiger partial charge >= 0.3 is 0 Å². The highest BCUT2D eigenvalue weighted by Crippen LogP contribution is 2.35. The summed E-state index contributed by atoms with van der Waals surface area (Å²) in [5.74, 6) is 2.07. The maximum Gasteiger partial charge on any atom is 0.222 e. The highest BCUT2D eigenvalue weighted by Gasteiger charge is 2.23. The fourth-order valence-corrected chi connectivity index (χ4v) is 3.86. The Hall–Kier alpha value is -2.87. The van der Waals surface area contributed by atoms with Crippen LogP contribution in [-0.4, -0.2) is 58.8 Å². The summed E-state index contributed by atoms with van der Waals surface area (Å²) in [5.41, 5.74) is 2.87. The van der Waals surface area contributed by atoms with Gasteiger partial charge in [-0.25, -0.2) is 4.68 Å². The van der Waals surface area contributed by atoms with Crippen molar-refractivity contribution < 1.29 is 19.3 Å². The van der Waals surface area contributed by atoms with Crippen molar-refractivity contribution in [1.29, 1.82) is 0 Å². The summed E-state index contributed by atoms with van der Waals surface area (Å²) >= 11 is 0. The lowest BCUT2D eigenvalue weighted by Crippen LogP contribution is -2.35. The number of benzene rings is 2. The smallest absolute Gasteiger partial charge is 0.222 e. The summed E-state index contributed by atoms with van der Waals surface area (Å²) in [6, 6.07) is 17.7. The number of rotatable bonds is 13. The van der Waals surface area contributed by atoms with Crippen molar-refractivity contribution in [2.75, 3.05) is 26.8 Å². The third-order valence-electron chi connectivity index (χ3n) is 5.40. The van der Waals surface area contributed by atoms with E-state index in [4.69, 9.17) is 19.3 Å². The van der Waals surface area contributed by atoms with Gasteiger partial charge in [-0.3, -0.25) is 4.90 Å². The molecule has 0 saturated heterocycles. The minimum absolute atomic E-state index is 0.0835. The van der Waals surface area contributed by atoms with Crippen molar-refractivity contribution in [3.63, 3.8) is 0 Å². The van der Waals surface area contributed by atoms with E-state index in [-0.39, 0.29) is 6.10 Å². The Morgan fingerprint density at radius 3 is 2.47 bits per heavy atom. The van der Waals surface area contributed by atoms with Crippen LogP contribution in [0.15, 0.2) is 54.6 Å². The van der Waals surface area contributed by atoms with Gasteiger partial charge in [-0.15, -0.1) is 0 Å². The Morgan fingerprint density at radius 1 is 1.06 bits per heavy atom. The van der Waals surface area contributed by atoms with Crippen molar-refractivity contribution >= 4 is 0 Å². The Morgan fingerprint density at radius 2 is 1.79 bits per heavy atom. The zero-order chi connectivity index (χ0) is 24.5. The molecule has 3 rings (SSSR count). The molecule has 0 radical (unpaired) electrons. The van der Waals surface area contributed by atoms with E-state index in [1.165, 1.54) is 0 Å². The first-order valence-electron chi connectivity index (χ1n) is 11.9. The number of aliphatic hydroxyl groups is 1. The molecule has 0 aliphatic heterocycles. The molecule has 0 fully saturated rings. The molecule has 0 bridgehead atoms. The minimum atomic E-state index is -0.575. The first kappa shape index (κ1) is 25.7. The van der Waals surface area contributed by atoms with E-state index in [0.29, 0.717) is 31.3 Å². The average Bonchev–Trinajstić information content (AvgIpc) is 3.13. The number of ether oxygens (including phenoxy) is 3. The second-order valence-corrected chi connectivity index (χ2v) is 8.67. The highest BCUT2D eigenvalue weighted by atomic mass is 16.5. The van der Waals surface area contributed by atoms with Crippen molar-refractivity contribution in [3.05, 3.63) is 60.2 Å². The molecule has 1 heterocycles. The standard InChI is InChI=1S/C27H37N3O4/c1-6-15-30(17-22(31)19-33-20(2)3)18-25-26(21-11-8-7-9-12-21)28-29(4)27(25)34-24-14-10-13-23(16-24)32-5/h7-14,16,20,22,31H,6,15,17-19H2,1-5H3/t22-/m1/s1. The van der Waals surface area contributed by atoms with Crippen molar-refractivity contribution in [1.82, 2.24) is 14.7 Å². The average molecular weight is 468 g/mol. The van der Waals surface area contributed by atoms with Gasteiger partial charge in [0.05, 0.1) is 31.5 Å². The molecule has 7 heteroatoms. The zero-order valence-corrected chi connectivity index (χ0v) is 20.9. The molecule has 0 unspecified atom stereocenters. The van der Waals surface area contributed by atoms with E-state index < -0.39 is 6.10 Å².